The van der Waals surface area contributed by atoms with Crippen molar-refractivity contribution in [3.63, 3.8) is 0 Å². The first-order chi connectivity index (χ1) is 19.5. The van der Waals surface area contributed by atoms with Gasteiger partial charge in [0, 0.05) is 12.8 Å². The van der Waals surface area contributed by atoms with Gasteiger partial charge in [0.15, 0.2) is 0 Å². The van der Waals surface area contributed by atoms with E-state index >= 15 is 0 Å². The van der Waals surface area contributed by atoms with Crippen molar-refractivity contribution in [3.05, 3.63) is 65.7 Å². The normalized spacial score (nSPS) is 13.7. The third-order valence-corrected chi connectivity index (χ3v) is 6.79. The minimum absolute atomic E-state index is 0.0291. The smallest absolute Gasteiger partial charge is 0.326 e. The average Bonchev–Trinajstić information content (AvgIpc) is 2.94. The van der Waals surface area contributed by atoms with E-state index in [1.54, 1.807) is 48.7 Å². The molecule has 0 aromatic heterocycles. The molecule has 0 saturated heterocycles. The van der Waals surface area contributed by atoms with E-state index in [0.717, 1.165) is 0 Å². The second kappa shape index (κ2) is 16.9. The van der Waals surface area contributed by atoms with Crippen LogP contribution in [0.5, 0.6) is 5.75 Å². The third-order valence-electron chi connectivity index (χ3n) is 6.15. The van der Waals surface area contributed by atoms with Gasteiger partial charge in [-0.15, -0.1) is 0 Å². The third kappa shape index (κ3) is 11.9. The van der Waals surface area contributed by atoms with Gasteiger partial charge in [-0.25, -0.2) is 4.79 Å². The number of nitrogens with two attached hydrogens (primary N) is 1. The van der Waals surface area contributed by atoms with Gasteiger partial charge in [0.1, 0.15) is 23.9 Å². The van der Waals surface area contributed by atoms with Gasteiger partial charge in [-0.2, -0.15) is 11.8 Å². The molecule has 41 heavy (non-hydrogen) atoms. The molecule has 13 heteroatoms. The molecule has 4 unspecified atom stereocenters. The average molecular weight is 589 g/mol. The maximum absolute atomic E-state index is 13.2. The molecule has 2 aromatic rings. The zero-order valence-electron chi connectivity index (χ0n) is 22.6. The van der Waals surface area contributed by atoms with Crippen LogP contribution in [0.4, 0.5) is 0 Å². The lowest BCUT2D eigenvalue weighted by Gasteiger charge is -2.25. The largest absolute Gasteiger partial charge is 0.508 e. The molecule has 0 heterocycles. The Morgan fingerprint density at radius 3 is 1.85 bits per heavy atom. The fraction of sp³-hybridized carbons (Fsp3) is 0.393. The van der Waals surface area contributed by atoms with E-state index < -0.39 is 60.2 Å². The number of hydrogen-bond acceptors (Lipinski definition) is 8. The second-order valence-corrected chi connectivity index (χ2v) is 10.4. The molecule has 0 radical (unpaired) electrons. The van der Waals surface area contributed by atoms with Crippen molar-refractivity contribution in [3.8, 4) is 5.75 Å². The number of rotatable bonds is 17. The minimum atomic E-state index is -1.31. The van der Waals surface area contributed by atoms with Crippen LogP contribution in [0.3, 0.4) is 0 Å². The van der Waals surface area contributed by atoms with Crippen molar-refractivity contribution >= 4 is 41.4 Å². The molecule has 4 atom stereocenters. The van der Waals surface area contributed by atoms with E-state index in [2.05, 4.69) is 16.0 Å². The van der Waals surface area contributed by atoms with Crippen molar-refractivity contribution in [2.75, 3.05) is 12.0 Å². The molecule has 3 amide bonds. The summed E-state index contributed by atoms with van der Waals surface area (Å²) in [6, 6.07) is 10.0. The molecule has 8 N–H and O–H groups in total. The number of carboxylic acid groups (broad SMARTS) is 2. The molecule has 2 aromatic carbocycles. The van der Waals surface area contributed by atoms with Crippen LogP contribution in [0.25, 0.3) is 0 Å². The Balaban J connectivity index is 2.13. The van der Waals surface area contributed by atoms with Crippen LogP contribution in [-0.2, 0) is 36.8 Å². The number of amides is 3. The Bertz CT molecular complexity index is 1180. The van der Waals surface area contributed by atoms with Crippen LogP contribution >= 0.6 is 11.8 Å². The Labute approximate surface area is 242 Å². The van der Waals surface area contributed by atoms with E-state index in [9.17, 15) is 34.2 Å². The van der Waals surface area contributed by atoms with Gasteiger partial charge in [0.05, 0.1) is 6.04 Å². The first-order valence-corrected chi connectivity index (χ1v) is 14.3. The van der Waals surface area contributed by atoms with E-state index in [-0.39, 0.29) is 31.4 Å². The van der Waals surface area contributed by atoms with Gasteiger partial charge >= 0.3 is 11.9 Å². The summed E-state index contributed by atoms with van der Waals surface area (Å²) < 4.78 is 0. The first-order valence-electron chi connectivity index (χ1n) is 12.9. The van der Waals surface area contributed by atoms with Gasteiger partial charge in [0.25, 0.3) is 0 Å². The van der Waals surface area contributed by atoms with E-state index in [0.29, 0.717) is 16.9 Å². The molecule has 0 fully saturated rings. The SMILES string of the molecule is CSCCC(NC(=O)C(CCC(=O)O)NC(=O)C(N)Cc1ccc(O)cc1)C(=O)NC(Cc1ccccc1)C(=O)O. The predicted molar refractivity (Wildman–Crippen MR) is 153 cm³/mol. The molecule has 0 aliphatic rings. The van der Waals surface area contributed by atoms with Crippen molar-refractivity contribution < 1.29 is 39.3 Å². The number of thioether (sulfide) groups is 1. The summed E-state index contributed by atoms with van der Waals surface area (Å²) in [4.78, 5) is 62.2. The number of carbonyl (C=O) groups excluding carboxylic acids is 3. The highest BCUT2D eigenvalue weighted by Crippen LogP contribution is 2.12. The standard InChI is InChI=1S/C28H36N4O8S/c1-41-14-13-22(27(38)32-23(28(39)40)16-17-5-3-2-4-6-17)31-26(37)21(11-12-24(34)35)30-25(36)20(29)15-18-7-9-19(33)10-8-18/h2-10,20-23,33H,11-16,29H2,1H3,(H,30,36)(H,31,37)(H,32,38)(H,34,35)(H,39,40). The van der Waals surface area contributed by atoms with Crippen LogP contribution < -0.4 is 21.7 Å². The van der Waals surface area contributed by atoms with Crippen molar-refractivity contribution in [1.82, 2.24) is 16.0 Å². The van der Waals surface area contributed by atoms with E-state index in [4.69, 9.17) is 10.8 Å². The van der Waals surface area contributed by atoms with E-state index in [1.165, 1.54) is 23.9 Å². The Hall–Kier alpha value is -4.10. The maximum atomic E-state index is 13.2. The topological polar surface area (TPSA) is 208 Å². The van der Waals surface area contributed by atoms with Gasteiger partial charge in [-0.3, -0.25) is 19.2 Å². The van der Waals surface area contributed by atoms with Gasteiger partial charge in [-0.1, -0.05) is 42.5 Å². The quantitative estimate of drug-likeness (QED) is 0.137. The van der Waals surface area contributed by atoms with Crippen LogP contribution in [0.1, 0.15) is 30.4 Å². The van der Waals surface area contributed by atoms with Crippen molar-refractivity contribution in [2.24, 2.45) is 5.73 Å². The maximum Gasteiger partial charge on any atom is 0.326 e. The lowest BCUT2D eigenvalue weighted by atomic mass is 10.0. The van der Waals surface area contributed by atoms with Crippen LogP contribution in [0, 0.1) is 0 Å². The molecule has 0 bridgehead atoms. The van der Waals surface area contributed by atoms with Crippen LogP contribution in [0.2, 0.25) is 0 Å². The van der Waals surface area contributed by atoms with Gasteiger partial charge in [-0.05, 0) is 54.5 Å². The number of aromatic hydroxyl groups is 1. The van der Waals surface area contributed by atoms with Gasteiger partial charge < -0.3 is 37.0 Å². The highest BCUT2D eigenvalue weighted by atomic mass is 32.2. The van der Waals surface area contributed by atoms with Gasteiger partial charge in [0.2, 0.25) is 17.7 Å². The summed E-state index contributed by atoms with van der Waals surface area (Å²) in [6.07, 6.45) is 1.39. The molecule has 0 saturated carbocycles. The Morgan fingerprint density at radius 2 is 1.29 bits per heavy atom. The molecule has 0 aliphatic carbocycles. The summed E-state index contributed by atoms with van der Waals surface area (Å²) in [6.45, 7) is 0. The highest BCUT2D eigenvalue weighted by molar-refractivity contribution is 7.98. The number of phenols is 1. The molecule has 222 valence electrons. The molecule has 0 spiro atoms. The monoisotopic (exact) mass is 588 g/mol. The Kier molecular flexibility index (Phi) is 13.6. The second-order valence-electron chi connectivity index (χ2n) is 9.40. The number of nitrogens with one attached hydrogen (secondary N) is 3. The predicted octanol–water partition coefficient (Wildman–Crippen LogP) is 0.662. The summed E-state index contributed by atoms with van der Waals surface area (Å²) in [7, 11) is 0. The lowest BCUT2D eigenvalue weighted by Crippen LogP contribution is -2.57. The minimum Gasteiger partial charge on any atom is -0.508 e. The fourth-order valence-electron chi connectivity index (χ4n) is 3.89. The lowest BCUT2D eigenvalue weighted by molar-refractivity contribution is -0.142. The fourth-order valence-corrected chi connectivity index (χ4v) is 4.36. The number of benzene rings is 2. The zero-order chi connectivity index (χ0) is 30.4. The first kappa shape index (κ1) is 33.1. The zero-order valence-corrected chi connectivity index (χ0v) is 23.4. The van der Waals surface area contributed by atoms with Crippen molar-refractivity contribution in [2.45, 2.75) is 56.3 Å². The number of carboxylic acids is 2. The van der Waals surface area contributed by atoms with Crippen LogP contribution in [-0.4, -0.2) is 81.2 Å². The van der Waals surface area contributed by atoms with Crippen LogP contribution in [0.15, 0.2) is 54.6 Å². The number of phenolic OH excluding ortho intramolecular Hbond substituents is 1. The Morgan fingerprint density at radius 1 is 0.756 bits per heavy atom. The summed E-state index contributed by atoms with van der Waals surface area (Å²) in [5.74, 6) is -4.15. The summed E-state index contributed by atoms with van der Waals surface area (Å²) in [5, 5.41) is 35.8. The number of carbonyl (C=O) groups is 5. The molecule has 0 aliphatic heterocycles. The molecular weight excluding hydrogens is 552 g/mol. The number of aliphatic carboxylic acids is 2. The summed E-state index contributed by atoms with van der Waals surface area (Å²) in [5.41, 5.74) is 7.37. The van der Waals surface area contributed by atoms with Crippen molar-refractivity contribution in [1.29, 1.82) is 0 Å². The molecule has 2 rings (SSSR count). The summed E-state index contributed by atoms with van der Waals surface area (Å²) >= 11 is 1.41. The number of hydrogen-bond donors (Lipinski definition) is 7. The molecular formula is C28H36N4O8S. The highest BCUT2D eigenvalue weighted by Gasteiger charge is 2.30. The van der Waals surface area contributed by atoms with E-state index in [1.807, 2.05) is 0 Å². The molecule has 12 nitrogen and oxygen atoms in total.